The summed E-state index contributed by atoms with van der Waals surface area (Å²) >= 11 is 0. The van der Waals surface area contributed by atoms with Crippen LogP contribution in [0.2, 0.25) is 0 Å². The van der Waals surface area contributed by atoms with Gasteiger partial charge in [0.2, 0.25) is 5.95 Å². The van der Waals surface area contributed by atoms with Crippen molar-refractivity contribution in [3.05, 3.63) is 96.3 Å². The summed E-state index contributed by atoms with van der Waals surface area (Å²) in [5.74, 6) is 1.25. The van der Waals surface area contributed by atoms with Gasteiger partial charge >= 0.3 is 0 Å². The first-order valence-corrected chi connectivity index (χ1v) is 15.0. The molecule has 45 heavy (non-hydrogen) atoms. The minimum absolute atomic E-state index is 0.0214. The molecule has 6 rings (SSSR count). The quantitative estimate of drug-likeness (QED) is 0.142. The first kappa shape index (κ1) is 30.2. The summed E-state index contributed by atoms with van der Waals surface area (Å²) in [6.45, 7) is 5.75. The third-order valence-corrected chi connectivity index (χ3v) is 7.98. The SMILES string of the molecule is CCNC(=O)[C@H]1O[C@@H](n2cnc3c(NCC(c4ccccc4)c4ccccc4)nc(NCCn4ccnc4C)nc32)[C@H](O)[C@@H]1O. The summed E-state index contributed by atoms with van der Waals surface area (Å²) in [6, 6.07) is 20.5. The van der Waals surface area contributed by atoms with E-state index in [0.717, 1.165) is 17.0 Å². The number of aromatic nitrogens is 6. The highest BCUT2D eigenvalue weighted by Gasteiger charge is 2.47. The number of rotatable bonds is 12. The molecule has 13 nitrogen and oxygen atoms in total. The van der Waals surface area contributed by atoms with Crippen molar-refractivity contribution in [1.29, 1.82) is 0 Å². The second kappa shape index (κ2) is 13.4. The number of nitrogens with zero attached hydrogens (tertiary/aromatic N) is 6. The minimum atomic E-state index is -1.42. The third kappa shape index (κ3) is 6.36. The van der Waals surface area contributed by atoms with E-state index in [2.05, 4.69) is 50.2 Å². The fourth-order valence-electron chi connectivity index (χ4n) is 5.61. The Morgan fingerprint density at radius 2 is 1.69 bits per heavy atom. The van der Waals surface area contributed by atoms with E-state index in [1.807, 2.05) is 54.1 Å². The first-order chi connectivity index (χ1) is 21.9. The van der Waals surface area contributed by atoms with Crippen molar-refractivity contribution in [2.24, 2.45) is 0 Å². The van der Waals surface area contributed by atoms with E-state index < -0.39 is 30.4 Å². The van der Waals surface area contributed by atoms with Gasteiger partial charge in [-0.05, 0) is 25.0 Å². The summed E-state index contributed by atoms with van der Waals surface area (Å²) in [5, 5.41) is 31.0. The molecule has 13 heteroatoms. The van der Waals surface area contributed by atoms with Crippen LogP contribution in [0.15, 0.2) is 79.4 Å². The number of anilines is 2. The minimum Gasteiger partial charge on any atom is -0.387 e. The number of carbonyl (C=O) groups is 1. The van der Waals surface area contributed by atoms with Gasteiger partial charge in [0, 0.05) is 44.5 Å². The highest BCUT2D eigenvalue weighted by Crippen LogP contribution is 2.34. The largest absolute Gasteiger partial charge is 0.387 e. The topological polar surface area (TPSA) is 164 Å². The molecule has 0 bridgehead atoms. The van der Waals surface area contributed by atoms with Crippen molar-refractivity contribution >= 4 is 28.8 Å². The van der Waals surface area contributed by atoms with Gasteiger partial charge in [-0.1, -0.05) is 60.7 Å². The molecule has 0 saturated carbocycles. The number of aryl methyl sites for hydroxylation is 1. The van der Waals surface area contributed by atoms with Gasteiger partial charge in [-0.15, -0.1) is 0 Å². The zero-order chi connectivity index (χ0) is 31.3. The van der Waals surface area contributed by atoms with E-state index in [0.29, 0.717) is 49.1 Å². The normalized spacial score (nSPS) is 19.7. The van der Waals surface area contributed by atoms with Crippen molar-refractivity contribution in [3.8, 4) is 0 Å². The average molecular weight is 612 g/mol. The van der Waals surface area contributed by atoms with E-state index in [9.17, 15) is 15.0 Å². The number of carbonyl (C=O) groups excluding carboxylic acids is 1. The molecule has 0 unspecified atom stereocenters. The van der Waals surface area contributed by atoms with Gasteiger partial charge in [0.05, 0.1) is 6.33 Å². The molecule has 5 N–H and O–H groups in total. The molecular formula is C32H37N9O4. The standard InChI is InChI=1S/C32H37N9O4/c1-3-33-30(44)27-25(42)26(43)31(45-27)41-19-37-24-28(38-32(39-29(24)41)35-15-17-40-16-14-34-20(40)2)36-18-23(21-10-6-4-7-11-21)22-12-8-5-9-13-22/h4-14,16,19,23,25-27,31,42-43H,3,15,17-18H2,1-2H3,(H,33,44)(H2,35,36,38,39)/t25-,26+,27-,31+/m0/s1. The number of ether oxygens (including phenoxy) is 1. The van der Waals surface area contributed by atoms with Crippen LogP contribution < -0.4 is 16.0 Å². The zero-order valence-electron chi connectivity index (χ0n) is 25.1. The van der Waals surface area contributed by atoms with E-state index in [1.165, 1.54) is 10.9 Å². The second-order valence-electron chi connectivity index (χ2n) is 10.9. The molecular weight excluding hydrogens is 574 g/mol. The lowest BCUT2D eigenvalue weighted by molar-refractivity contribution is -0.137. The molecule has 234 valence electrons. The van der Waals surface area contributed by atoms with Gasteiger partial charge in [-0.25, -0.2) is 9.97 Å². The van der Waals surface area contributed by atoms with Crippen LogP contribution in [0.3, 0.4) is 0 Å². The van der Waals surface area contributed by atoms with Crippen LogP contribution in [0, 0.1) is 6.92 Å². The molecule has 1 amide bonds. The Hall–Kier alpha value is -4.85. The van der Waals surface area contributed by atoms with Crippen molar-refractivity contribution in [2.45, 2.75) is 50.8 Å². The number of hydrogen-bond acceptors (Lipinski definition) is 10. The molecule has 1 saturated heterocycles. The number of aliphatic hydroxyl groups excluding tert-OH is 2. The Morgan fingerprint density at radius 3 is 2.33 bits per heavy atom. The molecule has 3 aromatic heterocycles. The number of nitrogens with one attached hydrogen (secondary N) is 3. The molecule has 1 aliphatic heterocycles. The number of aliphatic hydroxyl groups is 2. The van der Waals surface area contributed by atoms with Crippen LogP contribution in [0.25, 0.3) is 11.2 Å². The van der Waals surface area contributed by atoms with Crippen molar-refractivity contribution in [2.75, 3.05) is 30.3 Å². The number of amides is 1. The lowest BCUT2D eigenvalue weighted by Crippen LogP contribution is -2.42. The van der Waals surface area contributed by atoms with E-state index in [4.69, 9.17) is 14.7 Å². The number of hydrogen-bond donors (Lipinski definition) is 5. The fraction of sp³-hybridized carbons (Fsp3) is 0.344. The van der Waals surface area contributed by atoms with Gasteiger partial charge in [-0.2, -0.15) is 9.97 Å². The maximum Gasteiger partial charge on any atom is 0.252 e. The van der Waals surface area contributed by atoms with Crippen molar-refractivity contribution < 1.29 is 19.7 Å². The Balaban J connectivity index is 1.33. The highest BCUT2D eigenvalue weighted by atomic mass is 16.6. The van der Waals surface area contributed by atoms with E-state index in [1.54, 1.807) is 13.1 Å². The lowest BCUT2D eigenvalue weighted by atomic mass is 9.91. The molecule has 1 aliphatic rings. The van der Waals surface area contributed by atoms with Crippen LogP contribution in [-0.4, -0.2) is 83.1 Å². The Morgan fingerprint density at radius 1 is 0.978 bits per heavy atom. The molecule has 0 spiro atoms. The predicted octanol–water partition coefficient (Wildman–Crippen LogP) is 2.44. The maximum atomic E-state index is 12.5. The van der Waals surface area contributed by atoms with Gasteiger partial charge < -0.3 is 35.5 Å². The summed E-state index contributed by atoms with van der Waals surface area (Å²) in [5.41, 5.74) is 3.12. The third-order valence-electron chi connectivity index (χ3n) is 7.98. The van der Waals surface area contributed by atoms with Crippen LogP contribution >= 0.6 is 0 Å². The maximum absolute atomic E-state index is 12.5. The summed E-state index contributed by atoms with van der Waals surface area (Å²) in [4.78, 5) is 30.9. The van der Waals surface area contributed by atoms with Crippen molar-refractivity contribution in [3.63, 3.8) is 0 Å². The zero-order valence-corrected chi connectivity index (χ0v) is 25.1. The molecule has 0 radical (unpaired) electrons. The van der Waals surface area contributed by atoms with Crippen LogP contribution in [0.5, 0.6) is 0 Å². The van der Waals surface area contributed by atoms with Crippen LogP contribution in [-0.2, 0) is 16.1 Å². The lowest BCUT2D eigenvalue weighted by Gasteiger charge is -2.20. The number of likely N-dealkylation sites (N-methyl/N-ethyl adjacent to an activating group) is 1. The van der Waals surface area contributed by atoms with E-state index >= 15 is 0 Å². The van der Waals surface area contributed by atoms with Crippen LogP contribution in [0.4, 0.5) is 11.8 Å². The Labute approximate surface area is 260 Å². The summed E-state index contributed by atoms with van der Waals surface area (Å²) in [6.07, 6.45) is -0.00135. The molecule has 5 aromatic rings. The highest BCUT2D eigenvalue weighted by molar-refractivity contribution is 5.85. The number of fused-ring (bicyclic) bond motifs is 1. The predicted molar refractivity (Wildman–Crippen MR) is 169 cm³/mol. The van der Waals surface area contributed by atoms with Crippen molar-refractivity contribution in [1.82, 2.24) is 34.4 Å². The molecule has 0 aliphatic carbocycles. The number of benzene rings is 2. The van der Waals surface area contributed by atoms with Gasteiger partial charge in [0.1, 0.15) is 18.0 Å². The first-order valence-electron chi connectivity index (χ1n) is 15.0. The molecule has 2 aromatic carbocycles. The summed E-state index contributed by atoms with van der Waals surface area (Å²) in [7, 11) is 0. The summed E-state index contributed by atoms with van der Waals surface area (Å²) < 4.78 is 9.44. The van der Waals surface area contributed by atoms with Crippen LogP contribution in [0.1, 0.15) is 36.0 Å². The molecule has 4 atom stereocenters. The Bertz CT molecular complexity index is 1690. The van der Waals surface area contributed by atoms with E-state index in [-0.39, 0.29) is 5.92 Å². The smallest absolute Gasteiger partial charge is 0.252 e. The second-order valence-corrected chi connectivity index (χ2v) is 10.9. The Kier molecular flexibility index (Phi) is 9.01. The molecule has 1 fully saturated rings. The molecule has 4 heterocycles. The average Bonchev–Trinajstić information content (AvgIpc) is 3.75. The fourth-order valence-corrected chi connectivity index (χ4v) is 5.61. The van der Waals surface area contributed by atoms with Gasteiger partial charge in [0.25, 0.3) is 5.91 Å². The van der Waals surface area contributed by atoms with Gasteiger partial charge in [0.15, 0.2) is 29.3 Å². The van der Waals surface area contributed by atoms with Gasteiger partial charge in [-0.3, -0.25) is 9.36 Å². The number of imidazole rings is 2. The monoisotopic (exact) mass is 611 g/mol.